The zero-order valence-electron chi connectivity index (χ0n) is 18.0. The van der Waals surface area contributed by atoms with Crippen LogP contribution in [-0.2, 0) is 15.7 Å². The Labute approximate surface area is 186 Å². The molecule has 2 aromatic heterocycles. The lowest BCUT2D eigenvalue weighted by molar-refractivity contribution is -0.141. The van der Waals surface area contributed by atoms with Crippen LogP contribution in [0.25, 0.3) is 0 Å². The molecule has 1 amide bonds. The quantitative estimate of drug-likeness (QED) is 0.619. The number of thiazole rings is 1. The first-order valence-electron chi connectivity index (χ1n) is 9.92. The Balaban J connectivity index is 1.68. The van der Waals surface area contributed by atoms with E-state index in [1.165, 1.54) is 25.4 Å². The fraction of sp³-hybridized carbons (Fsp3) is 0.579. The molecule has 3 rings (SSSR count). The molecule has 2 atom stereocenters. The van der Waals surface area contributed by atoms with Crippen molar-refractivity contribution in [1.29, 1.82) is 0 Å². The van der Waals surface area contributed by atoms with Gasteiger partial charge in [0.05, 0.1) is 24.4 Å². The number of esters is 1. The van der Waals surface area contributed by atoms with Crippen molar-refractivity contribution in [2.24, 2.45) is 0 Å². The summed E-state index contributed by atoms with van der Waals surface area (Å²) >= 11 is 1.22. The zero-order valence-corrected chi connectivity index (χ0v) is 18.8. The van der Waals surface area contributed by atoms with Crippen molar-refractivity contribution >= 4 is 28.3 Å². The van der Waals surface area contributed by atoms with Crippen LogP contribution in [0.4, 0.5) is 18.3 Å². The van der Waals surface area contributed by atoms with Gasteiger partial charge >= 0.3 is 12.1 Å². The normalized spacial score (nSPS) is 19.2. The fourth-order valence-corrected chi connectivity index (χ4v) is 4.47. The minimum absolute atomic E-state index is 0.225. The van der Waals surface area contributed by atoms with Crippen LogP contribution >= 0.6 is 11.3 Å². The minimum Gasteiger partial charge on any atom is -0.462 e. The number of aryl methyl sites for hydroxylation is 2. The van der Waals surface area contributed by atoms with Crippen LogP contribution in [0, 0.1) is 13.8 Å². The van der Waals surface area contributed by atoms with Gasteiger partial charge in [-0.05, 0) is 27.2 Å². The molecule has 1 aliphatic rings. The number of imidazole rings is 1. The highest BCUT2D eigenvalue weighted by Crippen LogP contribution is 2.31. The van der Waals surface area contributed by atoms with E-state index in [0.717, 1.165) is 0 Å². The van der Waals surface area contributed by atoms with E-state index in [-0.39, 0.29) is 12.3 Å². The maximum atomic E-state index is 13.0. The Morgan fingerprint density at radius 3 is 2.62 bits per heavy atom. The Morgan fingerprint density at radius 1 is 1.31 bits per heavy atom. The van der Waals surface area contributed by atoms with Crippen LogP contribution in [0.5, 0.6) is 0 Å². The van der Waals surface area contributed by atoms with Crippen LogP contribution in [-0.4, -0.2) is 65.8 Å². The first kappa shape index (κ1) is 24.0. The molecule has 1 aliphatic heterocycles. The molecule has 0 saturated carbocycles. The maximum Gasteiger partial charge on any atom is 0.435 e. The monoisotopic (exact) mass is 475 g/mol. The number of carbonyl (C=O) groups is 2. The third-order valence-corrected chi connectivity index (χ3v) is 6.26. The lowest BCUT2D eigenvalue weighted by Gasteiger charge is -2.37. The number of nitrogens with one attached hydrogen (secondary N) is 2. The van der Waals surface area contributed by atoms with Gasteiger partial charge in [-0.25, -0.2) is 14.8 Å². The van der Waals surface area contributed by atoms with Gasteiger partial charge in [0, 0.05) is 25.9 Å². The molecule has 0 bridgehead atoms. The summed E-state index contributed by atoms with van der Waals surface area (Å²) in [5, 5.41) is 3.34. The minimum atomic E-state index is -4.65. The van der Waals surface area contributed by atoms with Crippen molar-refractivity contribution in [3.63, 3.8) is 0 Å². The van der Waals surface area contributed by atoms with Gasteiger partial charge in [-0.1, -0.05) is 11.3 Å². The van der Waals surface area contributed by atoms with Crippen molar-refractivity contribution in [2.75, 3.05) is 31.7 Å². The number of methoxy groups -OCH3 is 1. The molecule has 0 spiro atoms. The number of piperidine rings is 1. The number of nitrogens with zero attached hydrogens (tertiary/aromatic N) is 3. The molecule has 13 heteroatoms. The van der Waals surface area contributed by atoms with E-state index in [9.17, 15) is 22.8 Å². The molecule has 0 unspecified atom stereocenters. The predicted octanol–water partition coefficient (Wildman–Crippen LogP) is 2.70. The van der Waals surface area contributed by atoms with E-state index in [4.69, 9.17) is 9.47 Å². The first-order chi connectivity index (χ1) is 15.0. The van der Waals surface area contributed by atoms with Crippen molar-refractivity contribution in [3.05, 3.63) is 27.8 Å². The summed E-state index contributed by atoms with van der Waals surface area (Å²) in [7, 11) is 1.49. The summed E-state index contributed by atoms with van der Waals surface area (Å²) in [5.74, 6) is -1.56. The summed E-state index contributed by atoms with van der Waals surface area (Å²) in [4.78, 5) is 37.2. The van der Waals surface area contributed by atoms with Gasteiger partial charge in [-0.2, -0.15) is 13.2 Å². The molecule has 32 heavy (non-hydrogen) atoms. The summed E-state index contributed by atoms with van der Waals surface area (Å²) in [6, 6.07) is -0.436. The summed E-state index contributed by atoms with van der Waals surface area (Å²) in [5.41, 5.74) is -0.767. The summed E-state index contributed by atoms with van der Waals surface area (Å²) in [6.45, 7) is 5.82. The lowest BCUT2D eigenvalue weighted by Crippen LogP contribution is -2.55. The highest BCUT2D eigenvalue weighted by atomic mass is 32.1. The number of rotatable bonds is 6. The van der Waals surface area contributed by atoms with Gasteiger partial charge in [-0.3, -0.25) is 4.79 Å². The van der Waals surface area contributed by atoms with Crippen molar-refractivity contribution in [2.45, 2.75) is 45.5 Å². The molecule has 0 radical (unpaired) electrons. The predicted molar refractivity (Wildman–Crippen MR) is 110 cm³/mol. The topological polar surface area (TPSA) is 109 Å². The van der Waals surface area contributed by atoms with E-state index in [1.807, 2.05) is 4.90 Å². The van der Waals surface area contributed by atoms with Gasteiger partial charge < -0.3 is 24.7 Å². The number of amides is 1. The van der Waals surface area contributed by atoms with Crippen LogP contribution < -0.4 is 10.2 Å². The number of halogens is 3. The molecule has 0 aliphatic carbocycles. The number of ether oxygens (including phenoxy) is 2. The average Bonchev–Trinajstić information content (AvgIpc) is 3.31. The third kappa shape index (κ3) is 5.04. The number of hydrogen-bond acceptors (Lipinski definition) is 8. The van der Waals surface area contributed by atoms with Gasteiger partial charge in [0.25, 0.3) is 5.91 Å². The zero-order chi connectivity index (χ0) is 23.6. The average molecular weight is 475 g/mol. The standard InChI is InChI=1S/C19H24F3N5O4S/c1-5-31-17(29)13-9(2)24-18(32-13)27-7-6-11(12(8-27)30-4)25-16(28)15-23-10(3)14(26-15)19(20,21)22/h11-12H,5-8H2,1-4H3,(H,23,26)(H,25,28)/t11-,12+/m1/s1. The van der Waals surface area contributed by atoms with E-state index < -0.39 is 41.7 Å². The Kier molecular flexibility index (Phi) is 7.08. The molecule has 0 aromatic carbocycles. The molecule has 9 nitrogen and oxygen atoms in total. The Bertz CT molecular complexity index is 990. The van der Waals surface area contributed by atoms with Crippen LogP contribution in [0.1, 0.15) is 50.7 Å². The molecule has 1 saturated heterocycles. The smallest absolute Gasteiger partial charge is 0.435 e. The number of aromatic nitrogens is 3. The van der Waals surface area contributed by atoms with Gasteiger partial charge in [0.15, 0.2) is 16.6 Å². The van der Waals surface area contributed by atoms with Crippen LogP contribution in [0.15, 0.2) is 0 Å². The number of anilines is 1. The molecule has 1 fully saturated rings. The van der Waals surface area contributed by atoms with Crippen LogP contribution in [0.3, 0.4) is 0 Å². The number of alkyl halides is 3. The SMILES string of the molecule is CCOC(=O)c1sc(N2CC[C@@H](NC(=O)c3nc(C(F)(F)F)c(C)[nH]3)[C@@H](OC)C2)nc1C. The van der Waals surface area contributed by atoms with Crippen molar-refractivity contribution < 1.29 is 32.2 Å². The van der Waals surface area contributed by atoms with E-state index >= 15 is 0 Å². The lowest BCUT2D eigenvalue weighted by atomic mass is 10.0. The van der Waals surface area contributed by atoms with Crippen LogP contribution in [0.2, 0.25) is 0 Å². The van der Waals surface area contributed by atoms with Gasteiger partial charge in [0.1, 0.15) is 4.88 Å². The van der Waals surface area contributed by atoms with E-state index in [0.29, 0.717) is 35.2 Å². The number of H-pyrrole nitrogens is 1. The third-order valence-electron chi connectivity index (χ3n) is 5.06. The van der Waals surface area contributed by atoms with Crippen molar-refractivity contribution in [3.8, 4) is 0 Å². The molecular formula is C19H24F3N5O4S. The second kappa shape index (κ2) is 9.45. The number of aromatic amines is 1. The van der Waals surface area contributed by atoms with Crippen molar-refractivity contribution in [1.82, 2.24) is 20.3 Å². The highest BCUT2D eigenvalue weighted by molar-refractivity contribution is 7.17. The second-order valence-corrected chi connectivity index (χ2v) is 8.25. The number of hydrogen-bond donors (Lipinski definition) is 2. The largest absolute Gasteiger partial charge is 0.462 e. The molecule has 2 N–H and O–H groups in total. The molecule has 176 valence electrons. The Morgan fingerprint density at radius 2 is 2.03 bits per heavy atom. The van der Waals surface area contributed by atoms with E-state index in [2.05, 4.69) is 20.3 Å². The first-order valence-corrected chi connectivity index (χ1v) is 10.7. The Hall–Kier alpha value is -2.67. The van der Waals surface area contributed by atoms with Gasteiger partial charge in [-0.15, -0.1) is 0 Å². The summed E-state index contributed by atoms with van der Waals surface area (Å²) in [6.07, 6.45) is -4.63. The molecular weight excluding hydrogens is 451 g/mol. The molecule has 2 aromatic rings. The molecule has 3 heterocycles. The summed E-state index contributed by atoms with van der Waals surface area (Å²) < 4.78 is 49.4. The van der Waals surface area contributed by atoms with E-state index in [1.54, 1.807) is 13.8 Å². The number of carbonyl (C=O) groups excluding carboxylic acids is 2. The second-order valence-electron chi connectivity index (χ2n) is 7.28. The van der Waals surface area contributed by atoms with Gasteiger partial charge in [0.2, 0.25) is 0 Å². The fourth-order valence-electron chi connectivity index (χ4n) is 3.48. The maximum absolute atomic E-state index is 13.0. The highest BCUT2D eigenvalue weighted by Gasteiger charge is 2.38.